The molecule has 1 aromatic carbocycles. The molecule has 0 bridgehead atoms. The van der Waals surface area contributed by atoms with E-state index in [-0.39, 0.29) is 30.2 Å². The van der Waals surface area contributed by atoms with Gasteiger partial charge in [-0.1, -0.05) is 24.3 Å². The summed E-state index contributed by atoms with van der Waals surface area (Å²) in [5, 5.41) is 0. The number of benzene rings is 1. The Balaban J connectivity index is 1.34. The van der Waals surface area contributed by atoms with Gasteiger partial charge in [0.1, 0.15) is 6.04 Å². The SMILES string of the molecule is CCOC(OCC)C1CCCN1C(=O)[C@@H]1CCCN1C(=O)CC[C@@H]1CCc2ccccc2C1. The van der Waals surface area contributed by atoms with Crippen molar-refractivity contribution in [1.29, 1.82) is 0 Å². The molecule has 2 fully saturated rings. The van der Waals surface area contributed by atoms with E-state index in [1.165, 1.54) is 11.1 Å². The maximum Gasteiger partial charge on any atom is 0.245 e. The van der Waals surface area contributed by atoms with Crippen LogP contribution in [0, 0.1) is 5.92 Å². The second kappa shape index (κ2) is 11.5. The van der Waals surface area contributed by atoms with Gasteiger partial charge in [-0.3, -0.25) is 9.59 Å². The second-order valence-corrected chi connectivity index (χ2v) is 9.68. The van der Waals surface area contributed by atoms with Gasteiger partial charge in [-0.25, -0.2) is 0 Å². The van der Waals surface area contributed by atoms with Crippen molar-refractivity contribution in [2.45, 2.75) is 90.0 Å². The molecule has 2 saturated heterocycles. The van der Waals surface area contributed by atoms with Crippen molar-refractivity contribution in [1.82, 2.24) is 9.80 Å². The Kier molecular flexibility index (Phi) is 8.42. The summed E-state index contributed by atoms with van der Waals surface area (Å²) in [4.78, 5) is 30.5. The number of hydrogen-bond donors (Lipinski definition) is 0. The van der Waals surface area contributed by atoms with E-state index in [1.54, 1.807) is 0 Å². The van der Waals surface area contributed by atoms with Crippen LogP contribution in [0.2, 0.25) is 0 Å². The van der Waals surface area contributed by atoms with Gasteiger partial charge < -0.3 is 19.3 Å². The Morgan fingerprint density at radius 3 is 2.42 bits per heavy atom. The molecule has 182 valence electrons. The molecule has 1 aliphatic carbocycles. The molecule has 2 heterocycles. The van der Waals surface area contributed by atoms with Gasteiger partial charge in [0.15, 0.2) is 6.29 Å². The van der Waals surface area contributed by atoms with Gasteiger partial charge in [-0.15, -0.1) is 0 Å². The Morgan fingerprint density at radius 2 is 1.67 bits per heavy atom. The van der Waals surface area contributed by atoms with E-state index >= 15 is 0 Å². The van der Waals surface area contributed by atoms with E-state index in [9.17, 15) is 9.59 Å². The smallest absolute Gasteiger partial charge is 0.245 e. The average molecular weight is 457 g/mol. The van der Waals surface area contributed by atoms with Crippen LogP contribution in [0.5, 0.6) is 0 Å². The summed E-state index contributed by atoms with van der Waals surface area (Å²) in [6.45, 7) is 6.44. The van der Waals surface area contributed by atoms with Crippen LogP contribution < -0.4 is 0 Å². The molecule has 0 saturated carbocycles. The highest BCUT2D eigenvalue weighted by atomic mass is 16.7. The molecule has 2 amide bonds. The molecular weight excluding hydrogens is 416 g/mol. The largest absolute Gasteiger partial charge is 0.351 e. The Morgan fingerprint density at radius 1 is 0.970 bits per heavy atom. The molecule has 3 atom stereocenters. The lowest BCUT2D eigenvalue weighted by Crippen LogP contribution is -2.52. The molecule has 6 nitrogen and oxygen atoms in total. The quantitative estimate of drug-likeness (QED) is 0.528. The fourth-order valence-electron chi connectivity index (χ4n) is 5.95. The van der Waals surface area contributed by atoms with E-state index in [2.05, 4.69) is 24.3 Å². The summed E-state index contributed by atoms with van der Waals surface area (Å²) in [7, 11) is 0. The highest BCUT2D eigenvalue weighted by molar-refractivity contribution is 5.88. The van der Waals surface area contributed by atoms with Crippen LogP contribution >= 0.6 is 0 Å². The van der Waals surface area contributed by atoms with Crippen LogP contribution in [0.3, 0.4) is 0 Å². The van der Waals surface area contributed by atoms with Crippen molar-refractivity contribution >= 4 is 11.8 Å². The number of likely N-dealkylation sites (tertiary alicyclic amines) is 2. The zero-order chi connectivity index (χ0) is 23.2. The van der Waals surface area contributed by atoms with E-state index in [1.807, 2.05) is 23.6 Å². The highest BCUT2D eigenvalue weighted by Crippen LogP contribution is 2.31. The molecule has 4 rings (SSSR count). The van der Waals surface area contributed by atoms with Crippen molar-refractivity contribution in [2.24, 2.45) is 5.92 Å². The molecule has 0 spiro atoms. The molecule has 0 radical (unpaired) electrons. The highest BCUT2D eigenvalue weighted by Gasteiger charge is 2.42. The molecule has 1 aromatic rings. The summed E-state index contributed by atoms with van der Waals surface area (Å²) in [5.74, 6) is 0.785. The Bertz CT molecular complexity index is 807. The average Bonchev–Trinajstić information content (AvgIpc) is 3.52. The van der Waals surface area contributed by atoms with Crippen molar-refractivity contribution < 1.29 is 19.1 Å². The van der Waals surface area contributed by atoms with Crippen molar-refractivity contribution in [3.05, 3.63) is 35.4 Å². The first-order valence-electron chi connectivity index (χ1n) is 13.0. The van der Waals surface area contributed by atoms with E-state index in [0.29, 0.717) is 32.1 Å². The predicted octanol–water partition coefficient (Wildman–Crippen LogP) is 3.95. The van der Waals surface area contributed by atoms with Gasteiger partial charge in [0.25, 0.3) is 0 Å². The topological polar surface area (TPSA) is 59.1 Å². The molecule has 2 aliphatic heterocycles. The molecule has 1 unspecified atom stereocenters. The third-order valence-electron chi connectivity index (χ3n) is 7.63. The van der Waals surface area contributed by atoms with Gasteiger partial charge in [-0.05, 0) is 82.3 Å². The lowest BCUT2D eigenvalue weighted by atomic mass is 9.81. The number of carbonyl (C=O) groups is 2. The van der Waals surface area contributed by atoms with Crippen LogP contribution in [0.25, 0.3) is 0 Å². The van der Waals surface area contributed by atoms with Gasteiger partial charge >= 0.3 is 0 Å². The normalized spacial score (nSPS) is 25.0. The first kappa shape index (κ1) is 24.2. The van der Waals surface area contributed by atoms with Crippen molar-refractivity contribution in [3.63, 3.8) is 0 Å². The summed E-state index contributed by atoms with van der Waals surface area (Å²) in [5.41, 5.74) is 2.90. The zero-order valence-electron chi connectivity index (χ0n) is 20.3. The number of nitrogens with zero attached hydrogens (tertiary/aromatic N) is 2. The Hall–Kier alpha value is -1.92. The monoisotopic (exact) mass is 456 g/mol. The van der Waals surface area contributed by atoms with Crippen LogP contribution in [0.15, 0.2) is 24.3 Å². The van der Waals surface area contributed by atoms with Gasteiger partial charge in [0, 0.05) is 32.7 Å². The summed E-state index contributed by atoms with van der Waals surface area (Å²) >= 11 is 0. The zero-order valence-corrected chi connectivity index (χ0v) is 20.3. The summed E-state index contributed by atoms with van der Waals surface area (Å²) in [6.07, 6.45) is 7.90. The number of fused-ring (bicyclic) bond motifs is 1. The summed E-state index contributed by atoms with van der Waals surface area (Å²) < 4.78 is 11.6. The third-order valence-corrected chi connectivity index (χ3v) is 7.63. The van der Waals surface area contributed by atoms with E-state index < -0.39 is 0 Å². The lowest BCUT2D eigenvalue weighted by Gasteiger charge is -2.35. The number of aryl methyl sites for hydroxylation is 1. The van der Waals surface area contributed by atoms with E-state index in [4.69, 9.17) is 9.47 Å². The van der Waals surface area contributed by atoms with Crippen LogP contribution in [-0.2, 0) is 31.9 Å². The van der Waals surface area contributed by atoms with Crippen LogP contribution in [0.1, 0.15) is 69.9 Å². The van der Waals surface area contributed by atoms with Gasteiger partial charge in [0.2, 0.25) is 11.8 Å². The minimum atomic E-state index is -0.383. The number of rotatable bonds is 9. The first-order valence-corrected chi connectivity index (χ1v) is 13.0. The standard InChI is InChI=1S/C27H40N2O4/c1-3-32-27(33-4-2)24-12-8-18-29(24)26(31)23-11-7-17-28(23)25(30)16-14-20-13-15-21-9-5-6-10-22(21)19-20/h5-6,9-10,20,23-24,27H,3-4,7-8,11-19H2,1-2H3/t20-,23-,24?/m0/s1. The maximum atomic E-state index is 13.5. The third kappa shape index (κ3) is 5.60. The molecule has 6 heteroatoms. The van der Waals surface area contributed by atoms with Crippen molar-refractivity contribution in [3.8, 4) is 0 Å². The predicted molar refractivity (Wildman–Crippen MR) is 128 cm³/mol. The fraction of sp³-hybridized carbons (Fsp3) is 0.704. The summed E-state index contributed by atoms with van der Waals surface area (Å²) in [6, 6.07) is 8.29. The first-order chi connectivity index (χ1) is 16.1. The minimum absolute atomic E-state index is 0.0581. The minimum Gasteiger partial charge on any atom is -0.351 e. The van der Waals surface area contributed by atoms with Crippen molar-refractivity contribution in [2.75, 3.05) is 26.3 Å². The molecule has 0 aromatic heterocycles. The Labute approximate surface area is 198 Å². The molecule has 3 aliphatic rings. The molecule has 33 heavy (non-hydrogen) atoms. The maximum absolute atomic E-state index is 13.5. The number of amides is 2. The molecule has 0 N–H and O–H groups in total. The van der Waals surface area contributed by atoms with Crippen LogP contribution in [0.4, 0.5) is 0 Å². The van der Waals surface area contributed by atoms with E-state index in [0.717, 1.165) is 57.9 Å². The van der Waals surface area contributed by atoms with Crippen LogP contribution in [-0.4, -0.2) is 66.3 Å². The second-order valence-electron chi connectivity index (χ2n) is 9.68. The number of ether oxygens (including phenoxy) is 2. The lowest BCUT2D eigenvalue weighted by molar-refractivity contribution is -0.177. The van der Waals surface area contributed by atoms with Gasteiger partial charge in [-0.2, -0.15) is 0 Å². The number of hydrogen-bond acceptors (Lipinski definition) is 4. The number of carbonyl (C=O) groups excluding carboxylic acids is 2. The molecular formula is C27H40N2O4. The fourth-order valence-corrected chi connectivity index (χ4v) is 5.95. The van der Waals surface area contributed by atoms with Gasteiger partial charge in [0.05, 0.1) is 6.04 Å².